The van der Waals surface area contributed by atoms with Crippen molar-refractivity contribution in [1.29, 1.82) is 0 Å². The fraction of sp³-hybridized carbons (Fsp3) is 0.250. The third kappa shape index (κ3) is 3.18. The van der Waals surface area contributed by atoms with Crippen LogP contribution in [0.5, 0.6) is 0 Å². The predicted molar refractivity (Wildman–Crippen MR) is 104 cm³/mol. The number of hydrogen-bond acceptors (Lipinski definition) is 4. The topological polar surface area (TPSA) is 63.7 Å². The van der Waals surface area contributed by atoms with Crippen LogP contribution in [0.2, 0.25) is 0 Å². The second-order valence-electron chi connectivity index (χ2n) is 5.95. The Balaban J connectivity index is 2.09. The summed E-state index contributed by atoms with van der Waals surface area (Å²) in [6, 6.07) is 8.09. The number of hydrazone groups is 1. The first-order valence-corrected chi connectivity index (χ1v) is 8.66. The fourth-order valence-corrected chi connectivity index (χ4v) is 2.95. The highest BCUT2D eigenvalue weighted by Crippen LogP contribution is 2.32. The third-order valence-corrected chi connectivity index (χ3v) is 4.14. The minimum atomic E-state index is 0.248. The number of aromatic amines is 1. The van der Waals surface area contributed by atoms with Crippen molar-refractivity contribution in [2.24, 2.45) is 5.10 Å². The number of benzene rings is 1. The van der Waals surface area contributed by atoms with Gasteiger partial charge in [0.25, 0.3) is 0 Å². The van der Waals surface area contributed by atoms with Crippen molar-refractivity contribution in [1.82, 2.24) is 10.4 Å². The molecule has 5 heteroatoms. The highest BCUT2D eigenvalue weighted by molar-refractivity contribution is 6.17. The van der Waals surface area contributed by atoms with Gasteiger partial charge >= 0.3 is 0 Å². The molecule has 1 aliphatic heterocycles. The summed E-state index contributed by atoms with van der Waals surface area (Å²) in [4.78, 5) is 5.18. The smallest absolute Gasteiger partial charge is 0.169 e. The van der Waals surface area contributed by atoms with Crippen LogP contribution in [0.3, 0.4) is 0 Å². The molecule has 5 nitrogen and oxygen atoms in total. The quantitative estimate of drug-likeness (QED) is 0.517. The lowest BCUT2D eigenvalue weighted by Gasteiger charge is -2.22. The van der Waals surface area contributed by atoms with E-state index in [1.54, 1.807) is 6.08 Å². The average Bonchev–Trinajstić information content (AvgIpc) is 3.22. The van der Waals surface area contributed by atoms with Gasteiger partial charge in [0.05, 0.1) is 11.3 Å². The molecule has 0 unspecified atom stereocenters. The second-order valence-corrected chi connectivity index (χ2v) is 5.95. The molecule has 0 fully saturated rings. The van der Waals surface area contributed by atoms with Crippen molar-refractivity contribution in [2.75, 3.05) is 4.90 Å². The molecule has 2 heterocycles. The van der Waals surface area contributed by atoms with Crippen molar-refractivity contribution in [3.05, 3.63) is 66.3 Å². The third-order valence-electron chi connectivity index (χ3n) is 4.14. The lowest BCUT2D eigenvalue weighted by Crippen LogP contribution is -2.29. The van der Waals surface area contributed by atoms with E-state index < -0.39 is 0 Å². The Bertz CT molecular complexity index is 873. The number of aromatic nitrogens is 1. The van der Waals surface area contributed by atoms with E-state index in [0.29, 0.717) is 11.7 Å². The van der Waals surface area contributed by atoms with Crippen LogP contribution in [0.25, 0.3) is 10.9 Å². The van der Waals surface area contributed by atoms with E-state index in [9.17, 15) is 5.11 Å². The van der Waals surface area contributed by atoms with E-state index in [-0.39, 0.29) is 5.76 Å². The number of H-pyrrole nitrogens is 1. The Morgan fingerprint density at radius 3 is 2.88 bits per heavy atom. The molecule has 25 heavy (non-hydrogen) atoms. The van der Waals surface area contributed by atoms with Gasteiger partial charge in [-0.05, 0) is 37.1 Å². The molecule has 1 aromatic heterocycles. The molecule has 3 N–H and O–H groups in total. The summed E-state index contributed by atoms with van der Waals surface area (Å²) < 4.78 is 0. The fourth-order valence-electron chi connectivity index (χ4n) is 2.95. The van der Waals surface area contributed by atoms with Crippen LogP contribution < -0.4 is 10.3 Å². The van der Waals surface area contributed by atoms with Gasteiger partial charge < -0.3 is 10.1 Å². The van der Waals surface area contributed by atoms with Gasteiger partial charge in [0.2, 0.25) is 0 Å². The molecule has 3 rings (SSSR count). The van der Waals surface area contributed by atoms with Crippen molar-refractivity contribution < 1.29 is 5.11 Å². The number of amidine groups is 1. The van der Waals surface area contributed by atoms with E-state index in [0.717, 1.165) is 41.4 Å². The molecule has 0 radical (unpaired) electrons. The summed E-state index contributed by atoms with van der Waals surface area (Å²) in [5.74, 6) is 1.57. The van der Waals surface area contributed by atoms with E-state index >= 15 is 0 Å². The molecule has 0 atom stereocenters. The normalized spacial score (nSPS) is 15.7. The van der Waals surface area contributed by atoms with Gasteiger partial charge in [0.15, 0.2) is 5.84 Å². The molecule has 130 valence electrons. The van der Waals surface area contributed by atoms with Gasteiger partial charge in [0.1, 0.15) is 11.6 Å². The molecule has 0 spiro atoms. The Morgan fingerprint density at radius 2 is 2.12 bits per heavy atom. The zero-order valence-electron chi connectivity index (χ0n) is 14.7. The Kier molecular flexibility index (Phi) is 4.93. The van der Waals surface area contributed by atoms with E-state index in [2.05, 4.69) is 29.0 Å². The number of anilines is 1. The number of allylic oxidation sites excluding steroid dienone is 2. The van der Waals surface area contributed by atoms with E-state index in [1.807, 2.05) is 48.4 Å². The number of aliphatic hydroxyl groups excluding tert-OH is 1. The second kappa shape index (κ2) is 7.30. The summed E-state index contributed by atoms with van der Waals surface area (Å²) in [5, 5.41) is 16.1. The van der Waals surface area contributed by atoms with E-state index in [1.165, 1.54) is 0 Å². The number of nitrogens with one attached hydrogen (secondary N) is 2. The van der Waals surface area contributed by atoms with Crippen molar-refractivity contribution >= 4 is 22.4 Å². The van der Waals surface area contributed by atoms with Crippen LogP contribution in [-0.4, -0.2) is 15.9 Å². The highest BCUT2D eigenvalue weighted by Gasteiger charge is 2.28. The Labute approximate surface area is 148 Å². The number of unbranched alkanes of at least 4 members (excludes halogenated alkanes) is 1. The summed E-state index contributed by atoms with van der Waals surface area (Å²) in [5.41, 5.74) is 5.70. The van der Waals surface area contributed by atoms with Gasteiger partial charge in [-0.15, -0.1) is 0 Å². The SMILES string of the molecule is C=C1NN=C(C(=C/CCC)/C(O)=C\CC)N1c1cccc2[nH]ccc12. The summed E-state index contributed by atoms with van der Waals surface area (Å²) >= 11 is 0. The standard InChI is InChI=1S/C20H24N4O/c1-4-6-9-16(19(25)8-5-2)20-23-22-14(3)24(20)18-11-7-10-17-15(18)12-13-21-17/h7-13,21-22,25H,3-6H2,1-2H3/b16-9+,19-8+. The number of rotatable bonds is 6. The highest BCUT2D eigenvalue weighted by atomic mass is 16.3. The zero-order chi connectivity index (χ0) is 17.8. The van der Waals surface area contributed by atoms with Gasteiger partial charge in [-0.2, -0.15) is 5.10 Å². The van der Waals surface area contributed by atoms with Crippen LogP contribution in [0, 0.1) is 0 Å². The lowest BCUT2D eigenvalue weighted by molar-refractivity contribution is 0.425. The van der Waals surface area contributed by atoms with Crippen LogP contribution in [0.4, 0.5) is 5.69 Å². The lowest BCUT2D eigenvalue weighted by atomic mass is 10.1. The Morgan fingerprint density at radius 1 is 1.28 bits per heavy atom. The maximum atomic E-state index is 10.5. The molecular formula is C20H24N4O. The zero-order valence-corrected chi connectivity index (χ0v) is 14.7. The number of nitrogens with zero attached hydrogens (tertiary/aromatic N) is 2. The largest absolute Gasteiger partial charge is 0.508 e. The molecule has 0 saturated heterocycles. The molecule has 1 aliphatic rings. The first-order chi connectivity index (χ1) is 12.2. The molecule has 1 aromatic carbocycles. The predicted octanol–water partition coefficient (Wildman–Crippen LogP) is 4.94. The molecule has 0 saturated carbocycles. The summed E-state index contributed by atoms with van der Waals surface area (Å²) in [6.07, 6.45) is 8.37. The van der Waals surface area contributed by atoms with Crippen LogP contribution in [0.15, 0.2) is 71.4 Å². The Hall–Kier alpha value is -2.95. The number of aliphatic hydroxyl groups is 1. The van der Waals surface area contributed by atoms with Crippen molar-refractivity contribution in [3.8, 4) is 0 Å². The first kappa shape index (κ1) is 16.9. The summed E-state index contributed by atoms with van der Waals surface area (Å²) in [7, 11) is 0. The maximum absolute atomic E-state index is 10.5. The number of hydrogen-bond donors (Lipinski definition) is 3. The average molecular weight is 336 g/mol. The van der Waals surface area contributed by atoms with Gasteiger partial charge in [-0.25, -0.2) is 0 Å². The molecule has 2 aromatic rings. The molecular weight excluding hydrogens is 312 g/mol. The van der Waals surface area contributed by atoms with Gasteiger partial charge in [-0.3, -0.25) is 10.3 Å². The molecule has 0 bridgehead atoms. The van der Waals surface area contributed by atoms with Crippen molar-refractivity contribution in [3.63, 3.8) is 0 Å². The summed E-state index contributed by atoms with van der Waals surface area (Å²) in [6.45, 7) is 8.19. The minimum absolute atomic E-state index is 0.248. The first-order valence-electron chi connectivity index (χ1n) is 8.66. The van der Waals surface area contributed by atoms with E-state index in [4.69, 9.17) is 0 Å². The van der Waals surface area contributed by atoms with Gasteiger partial charge in [-0.1, -0.05) is 39.0 Å². The molecule has 0 aliphatic carbocycles. The van der Waals surface area contributed by atoms with Crippen LogP contribution in [-0.2, 0) is 0 Å². The maximum Gasteiger partial charge on any atom is 0.169 e. The van der Waals surface area contributed by atoms with Crippen molar-refractivity contribution in [2.45, 2.75) is 33.1 Å². The number of fused-ring (bicyclic) bond motifs is 1. The van der Waals surface area contributed by atoms with Crippen LogP contribution >= 0.6 is 0 Å². The van der Waals surface area contributed by atoms with Crippen LogP contribution in [0.1, 0.15) is 33.1 Å². The minimum Gasteiger partial charge on any atom is -0.508 e. The van der Waals surface area contributed by atoms with Gasteiger partial charge in [0, 0.05) is 17.1 Å². The monoisotopic (exact) mass is 336 g/mol. The molecule has 0 amide bonds.